The maximum atomic E-state index is 12.0. The smallest absolute Gasteiger partial charge is 0.237 e. The highest BCUT2D eigenvalue weighted by atomic mass is 16.2. The second kappa shape index (κ2) is 4.45. The van der Waals surface area contributed by atoms with Gasteiger partial charge in [-0.05, 0) is 13.0 Å². The average Bonchev–Trinajstić information content (AvgIpc) is 2.52. The highest BCUT2D eigenvalue weighted by molar-refractivity contribution is 6.09. The average molecular weight is 234 g/mol. The number of rotatable bonds is 4. The van der Waals surface area contributed by atoms with E-state index in [2.05, 4.69) is 24.5 Å². The van der Waals surface area contributed by atoms with E-state index in [1.807, 2.05) is 24.3 Å². The third-order valence-electron chi connectivity index (χ3n) is 3.40. The summed E-state index contributed by atoms with van der Waals surface area (Å²) in [4.78, 5) is 23.7. The van der Waals surface area contributed by atoms with Crippen molar-refractivity contribution in [3.05, 3.63) is 24.3 Å². The van der Waals surface area contributed by atoms with Crippen molar-refractivity contribution >= 4 is 11.8 Å². The molecule has 2 atom stereocenters. The summed E-state index contributed by atoms with van der Waals surface area (Å²) in [5.74, 6) is -0.687. The zero-order chi connectivity index (χ0) is 12.5. The number of allylic oxidation sites excluding steroid dienone is 2. The molecule has 2 N–H and O–H groups in total. The monoisotopic (exact) mass is 234 g/mol. The summed E-state index contributed by atoms with van der Waals surface area (Å²) in [6, 6.07) is 0.383. The van der Waals surface area contributed by atoms with E-state index in [4.69, 9.17) is 0 Å². The second-order valence-corrected chi connectivity index (χ2v) is 4.94. The first kappa shape index (κ1) is 12.0. The molecule has 1 aliphatic heterocycles. The Morgan fingerprint density at radius 1 is 1.41 bits per heavy atom. The highest BCUT2D eigenvalue weighted by Gasteiger charge is 2.52. The third kappa shape index (κ3) is 2.05. The van der Waals surface area contributed by atoms with Crippen LogP contribution in [0.2, 0.25) is 0 Å². The molecule has 1 heterocycles. The molecule has 2 amide bonds. The SMILES string of the molecule is CC(C)NCCC12C=CC=CC1C(=O)NC2=O. The maximum Gasteiger partial charge on any atom is 0.237 e. The van der Waals surface area contributed by atoms with E-state index >= 15 is 0 Å². The number of fused-ring (bicyclic) bond motifs is 1. The number of hydrogen-bond donors (Lipinski definition) is 2. The zero-order valence-electron chi connectivity index (χ0n) is 10.2. The van der Waals surface area contributed by atoms with E-state index in [0.717, 1.165) is 6.54 Å². The van der Waals surface area contributed by atoms with Crippen LogP contribution in [0, 0.1) is 11.3 Å². The first-order valence-electron chi connectivity index (χ1n) is 6.01. The largest absolute Gasteiger partial charge is 0.314 e. The van der Waals surface area contributed by atoms with Crippen LogP contribution in [0.15, 0.2) is 24.3 Å². The van der Waals surface area contributed by atoms with Gasteiger partial charge in [0.05, 0.1) is 11.3 Å². The normalized spacial score (nSPS) is 30.9. The van der Waals surface area contributed by atoms with Crippen molar-refractivity contribution in [2.45, 2.75) is 26.3 Å². The molecule has 0 spiro atoms. The van der Waals surface area contributed by atoms with Gasteiger partial charge in [-0.15, -0.1) is 0 Å². The molecule has 2 aliphatic rings. The van der Waals surface area contributed by atoms with Gasteiger partial charge in [0.15, 0.2) is 0 Å². The summed E-state index contributed by atoms with van der Waals surface area (Å²) in [6.45, 7) is 4.85. The van der Waals surface area contributed by atoms with Crippen LogP contribution in [0.5, 0.6) is 0 Å². The lowest BCUT2D eigenvalue weighted by Crippen LogP contribution is -2.38. The van der Waals surface area contributed by atoms with E-state index in [1.165, 1.54) is 0 Å². The Kier molecular flexibility index (Phi) is 3.15. The fourth-order valence-electron chi connectivity index (χ4n) is 2.44. The minimum Gasteiger partial charge on any atom is -0.314 e. The third-order valence-corrected chi connectivity index (χ3v) is 3.40. The molecule has 0 aromatic heterocycles. The fourth-order valence-corrected chi connectivity index (χ4v) is 2.44. The fraction of sp³-hybridized carbons (Fsp3) is 0.538. The van der Waals surface area contributed by atoms with Crippen molar-refractivity contribution in [3.8, 4) is 0 Å². The van der Waals surface area contributed by atoms with Crippen LogP contribution in [0.25, 0.3) is 0 Å². The minimum absolute atomic E-state index is 0.168. The van der Waals surface area contributed by atoms with Crippen LogP contribution in [0.1, 0.15) is 20.3 Å². The van der Waals surface area contributed by atoms with Crippen LogP contribution in [-0.2, 0) is 9.59 Å². The molecule has 2 unspecified atom stereocenters. The molecule has 0 saturated carbocycles. The first-order valence-corrected chi connectivity index (χ1v) is 6.01. The minimum atomic E-state index is -0.673. The molecule has 92 valence electrons. The number of carbonyl (C=O) groups is 2. The van der Waals surface area contributed by atoms with E-state index < -0.39 is 5.41 Å². The molecule has 4 heteroatoms. The van der Waals surface area contributed by atoms with Crippen LogP contribution >= 0.6 is 0 Å². The van der Waals surface area contributed by atoms with Crippen molar-refractivity contribution < 1.29 is 9.59 Å². The number of imide groups is 1. The van der Waals surface area contributed by atoms with Gasteiger partial charge in [-0.3, -0.25) is 14.9 Å². The van der Waals surface area contributed by atoms with Gasteiger partial charge in [0.1, 0.15) is 0 Å². The second-order valence-electron chi connectivity index (χ2n) is 4.94. The van der Waals surface area contributed by atoms with Gasteiger partial charge in [-0.25, -0.2) is 0 Å². The number of hydrogen-bond acceptors (Lipinski definition) is 3. The number of amides is 2. The lowest BCUT2D eigenvalue weighted by molar-refractivity contribution is -0.127. The van der Waals surface area contributed by atoms with Gasteiger partial charge in [0.25, 0.3) is 0 Å². The molecule has 1 fully saturated rings. The molecule has 0 bridgehead atoms. The Hall–Kier alpha value is -1.42. The van der Waals surface area contributed by atoms with Crippen LogP contribution < -0.4 is 10.6 Å². The van der Waals surface area contributed by atoms with Crippen molar-refractivity contribution in [1.82, 2.24) is 10.6 Å². The van der Waals surface area contributed by atoms with Gasteiger partial charge in [-0.2, -0.15) is 0 Å². The molecule has 1 aliphatic carbocycles. The molecule has 17 heavy (non-hydrogen) atoms. The quantitative estimate of drug-likeness (QED) is 0.706. The highest BCUT2D eigenvalue weighted by Crippen LogP contribution is 2.41. The number of nitrogens with one attached hydrogen (secondary N) is 2. The van der Waals surface area contributed by atoms with E-state index in [-0.39, 0.29) is 17.7 Å². The molecule has 0 aromatic rings. The Morgan fingerprint density at radius 3 is 2.88 bits per heavy atom. The van der Waals surface area contributed by atoms with Crippen molar-refractivity contribution in [3.63, 3.8) is 0 Å². The Bertz CT molecular complexity index is 398. The molecule has 4 nitrogen and oxygen atoms in total. The van der Waals surface area contributed by atoms with Gasteiger partial charge in [0.2, 0.25) is 11.8 Å². The zero-order valence-corrected chi connectivity index (χ0v) is 10.2. The molecule has 0 radical (unpaired) electrons. The van der Waals surface area contributed by atoms with E-state index in [0.29, 0.717) is 12.5 Å². The molecule has 2 rings (SSSR count). The molecular weight excluding hydrogens is 216 g/mol. The lowest BCUT2D eigenvalue weighted by atomic mass is 9.72. The Balaban J connectivity index is 2.14. The maximum absolute atomic E-state index is 12.0. The molecule has 0 aromatic carbocycles. The number of carbonyl (C=O) groups excluding carboxylic acids is 2. The summed E-state index contributed by atoms with van der Waals surface area (Å²) in [5, 5.41) is 5.72. The van der Waals surface area contributed by atoms with Gasteiger partial charge < -0.3 is 5.32 Å². The lowest BCUT2D eigenvalue weighted by Gasteiger charge is -2.28. The molecular formula is C13H18N2O2. The van der Waals surface area contributed by atoms with Crippen LogP contribution in [-0.4, -0.2) is 24.4 Å². The topological polar surface area (TPSA) is 58.2 Å². The first-order chi connectivity index (χ1) is 8.06. The van der Waals surface area contributed by atoms with Crippen LogP contribution in [0.3, 0.4) is 0 Å². The predicted octanol–water partition coefficient (Wildman–Crippen LogP) is 0.759. The van der Waals surface area contributed by atoms with Gasteiger partial charge >= 0.3 is 0 Å². The summed E-state index contributed by atoms with van der Waals surface area (Å²) >= 11 is 0. The van der Waals surface area contributed by atoms with Crippen LogP contribution in [0.4, 0.5) is 0 Å². The predicted molar refractivity (Wildman–Crippen MR) is 65.1 cm³/mol. The Morgan fingerprint density at radius 2 is 2.18 bits per heavy atom. The van der Waals surface area contributed by atoms with Gasteiger partial charge in [-0.1, -0.05) is 38.2 Å². The summed E-state index contributed by atoms with van der Waals surface area (Å²) < 4.78 is 0. The summed E-state index contributed by atoms with van der Waals surface area (Å²) in [7, 11) is 0. The van der Waals surface area contributed by atoms with Gasteiger partial charge in [0, 0.05) is 6.04 Å². The summed E-state index contributed by atoms with van der Waals surface area (Å²) in [5.41, 5.74) is -0.673. The van der Waals surface area contributed by atoms with Crippen molar-refractivity contribution in [2.75, 3.05) is 6.54 Å². The molecule has 1 saturated heterocycles. The van der Waals surface area contributed by atoms with E-state index in [9.17, 15) is 9.59 Å². The standard InChI is InChI=1S/C13H18N2O2/c1-9(2)14-8-7-13-6-4-3-5-10(13)11(16)15-12(13)17/h3-6,9-10,14H,7-8H2,1-2H3,(H,15,16,17). The summed E-state index contributed by atoms with van der Waals surface area (Å²) in [6.07, 6.45) is 8.00. The van der Waals surface area contributed by atoms with Crippen molar-refractivity contribution in [1.29, 1.82) is 0 Å². The van der Waals surface area contributed by atoms with Crippen molar-refractivity contribution in [2.24, 2.45) is 11.3 Å². The van der Waals surface area contributed by atoms with E-state index in [1.54, 1.807) is 0 Å². The Labute approximate surface area is 101 Å².